The van der Waals surface area contributed by atoms with Gasteiger partial charge in [0, 0.05) is 5.02 Å². The fourth-order valence-corrected chi connectivity index (χ4v) is 4.48. The van der Waals surface area contributed by atoms with E-state index in [4.69, 9.17) is 21.1 Å². The van der Waals surface area contributed by atoms with Gasteiger partial charge in [0.1, 0.15) is 18.1 Å². The van der Waals surface area contributed by atoms with Crippen molar-refractivity contribution in [3.63, 3.8) is 0 Å². The molecule has 1 heterocycles. The minimum Gasteiger partial charge on any atom is -0.494 e. The second-order valence-corrected chi connectivity index (χ2v) is 9.34. The molecule has 0 atom stereocenters. The summed E-state index contributed by atoms with van der Waals surface area (Å²) in [5.74, 6) is 1.33. The predicted octanol–water partition coefficient (Wildman–Crippen LogP) is 6.97. The van der Waals surface area contributed by atoms with Crippen molar-refractivity contribution >= 4 is 62.1 Å². The van der Waals surface area contributed by atoms with Gasteiger partial charge in [0.15, 0.2) is 5.17 Å². The van der Waals surface area contributed by atoms with Crippen LogP contribution in [0.3, 0.4) is 0 Å². The Labute approximate surface area is 210 Å². The maximum Gasteiger partial charge on any atom is 0.264 e. The SMILES string of the molecule is CCOc1ccc(N=C2NC(=O)/C(=C\c3ccc(OCc4ccc(Cl)cc4)c(Br)c3)S2)cc1. The van der Waals surface area contributed by atoms with Gasteiger partial charge in [-0.3, -0.25) is 4.79 Å². The summed E-state index contributed by atoms with van der Waals surface area (Å²) in [5, 5.41) is 4.04. The maximum atomic E-state index is 12.4. The lowest BCUT2D eigenvalue weighted by atomic mass is 10.2. The Kier molecular flexibility index (Phi) is 7.75. The van der Waals surface area contributed by atoms with Crippen molar-refractivity contribution in [3.05, 3.63) is 92.3 Å². The molecular formula is C25H20BrClN2O3S. The van der Waals surface area contributed by atoms with Gasteiger partial charge >= 0.3 is 0 Å². The zero-order chi connectivity index (χ0) is 23.2. The van der Waals surface area contributed by atoms with Crippen LogP contribution in [0.2, 0.25) is 5.02 Å². The Hall–Kier alpha value is -2.74. The lowest BCUT2D eigenvalue weighted by Crippen LogP contribution is -2.19. The monoisotopic (exact) mass is 542 g/mol. The van der Waals surface area contributed by atoms with E-state index in [0.29, 0.717) is 34.1 Å². The van der Waals surface area contributed by atoms with Crippen molar-refractivity contribution in [2.45, 2.75) is 13.5 Å². The minimum atomic E-state index is -0.177. The molecule has 1 amide bonds. The number of amides is 1. The van der Waals surface area contributed by atoms with Crippen LogP contribution in [0, 0.1) is 0 Å². The zero-order valence-electron chi connectivity index (χ0n) is 17.7. The zero-order valence-corrected chi connectivity index (χ0v) is 20.8. The molecular weight excluding hydrogens is 524 g/mol. The van der Waals surface area contributed by atoms with Crippen LogP contribution in [-0.2, 0) is 11.4 Å². The molecule has 5 nitrogen and oxygen atoms in total. The Bertz CT molecular complexity index is 1210. The lowest BCUT2D eigenvalue weighted by molar-refractivity contribution is -0.115. The van der Waals surface area contributed by atoms with Crippen molar-refractivity contribution < 1.29 is 14.3 Å². The van der Waals surface area contributed by atoms with Crippen LogP contribution < -0.4 is 14.8 Å². The minimum absolute atomic E-state index is 0.177. The molecule has 3 aromatic rings. The van der Waals surface area contributed by atoms with Gasteiger partial charge in [-0.25, -0.2) is 4.99 Å². The van der Waals surface area contributed by atoms with Gasteiger partial charge in [-0.1, -0.05) is 29.8 Å². The Morgan fingerprint density at radius 3 is 2.52 bits per heavy atom. The quantitative estimate of drug-likeness (QED) is 0.327. The van der Waals surface area contributed by atoms with E-state index in [2.05, 4.69) is 26.2 Å². The van der Waals surface area contributed by atoms with Gasteiger partial charge in [0.25, 0.3) is 5.91 Å². The number of nitrogens with one attached hydrogen (secondary N) is 1. The topological polar surface area (TPSA) is 59.9 Å². The highest BCUT2D eigenvalue weighted by Gasteiger charge is 2.24. The molecule has 0 aromatic heterocycles. The number of nitrogens with zero attached hydrogens (tertiary/aromatic N) is 1. The molecule has 3 aromatic carbocycles. The molecule has 4 rings (SSSR count). The molecule has 8 heteroatoms. The van der Waals surface area contributed by atoms with Crippen molar-refractivity contribution in [2.75, 3.05) is 6.61 Å². The second-order valence-electron chi connectivity index (χ2n) is 7.01. The third kappa shape index (κ3) is 6.41. The maximum absolute atomic E-state index is 12.4. The summed E-state index contributed by atoms with van der Waals surface area (Å²) in [5.41, 5.74) is 2.64. The molecule has 0 unspecified atom stereocenters. The van der Waals surface area contributed by atoms with Crippen LogP contribution in [0.25, 0.3) is 6.08 Å². The summed E-state index contributed by atoms with van der Waals surface area (Å²) in [7, 11) is 0. The van der Waals surface area contributed by atoms with Gasteiger partial charge in [0.05, 0.1) is 21.7 Å². The normalized spacial score (nSPS) is 15.7. The van der Waals surface area contributed by atoms with Crippen LogP contribution in [0.15, 0.2) is 81.1 Å². The number of rotatable bonds is 7. The highest BCUT2D eigenvalue weighted by atomic mass is 79.9. The summed E-state index contributed by atoms with van der Waals surface area (Å²) >= 11 is 10.8. The summed E-state index contributed by atoms with van der Waals surface area (Å²) in [4.78, 5) is 17.5. The Morgan fingerprint density at radius 2 is 1.82 bits per heavy atom. The molecule has 1 aliphatic heterocycles. The van der Waals surface area contributed by atoms with E-state index in [9.17, 15) is 4.79 Å². The van der Waals surface area contributed by atoms with Crippen molar-refractivity contribution in [1.29, 1.82) is 0 Å². The molecule has 0 radical (unpaired) electrons. The molecule has 0 aliphatic carbocycles. The van der Waals surface area contributed by atoms with E-state index in [1.807, 2.05) is 79.7 Å². The number of halogens is 2. The largest absolute Gasteiger partial charge is 0.494 e. The summed E-state index contributed by atoms with van der Waals surface area (Å²) < 4.78 is 12.1. The van der Waals surface area contributed by atoms with Crippen LogP contribution in [0.4, 0.5) is 5.69 Å². The average molecular weight is 544 g/mol. The van der Waals surface area contributed by atoms with Crippen LogP contribution in [-0.4, -0.2) is 17.7 Å². The van der Waals surface area contributed by atoms with Crippen molar-refractivity contribution in [3.8, 4) is 11.5 Å². The number of amidine groups is 1. The molecule has 0 bridgehead atoms. The molecule has 0 spiro atoms. The number of thioether (sulfide) groups is 1. The lowest BCUT2D eigenvalue weighted by Gasteiger charge is -2.09. The van der Waals surface area contributed by atoms with E-state index in [1.54, 1.807) is 0 Å². The highest BCUT2D eigenvalue weighted by Crippen LogP contribution is 2.32. The van der Waals surface area contributed by atoms with Gasteiger partial charge in [-0.05, 0) is 100 Å². The Balaban J connectivity index is 1.42. The van der Waals surface area contributed by atoms with Crippen LogP contribution in [0.1, 0.15) is 18.1 Å². The summed E-state index contributed by atoms with van der Waals surface area (Å²) in [6.45, 7) is 2.98. The Morgan fingerprint density at radius 1 is 1.06 bits per heavy atom. The molecule has 1 N–H and O–H groups in total. The first-order chi connectivity index (χ1) is 16.0. The molecule has 1 fully saturated rings. The van der Waals surface area contributed by atoms with Crippen LogP contribution >= 0.6 is 39.3 Å². The highest BCUT2D eigenvalue weighted by molar-refractivity contribution is 9.10. The number of hydrogen-bond donors (Lipinski definition) is 1. The first kappa shape index (κ1) is 23.4. The summed E-state index contributed by atoms with van der Waals surface area (Å²) in [6, 6.07) is 20.6. The number of benzene rings is 3. The van der Waals surface area contributed by atoms with Gasteiger partial charge in [-0.2, -0.15) is 0 Å². The first-order valence-electron chi connectivity index (χ1n) is 10.2. The second kappa shape index (κ2) is 10.9. The molecule has 33 heavy (non-hydrogen) atoms. The van der Waals surface area contributed by atoms with E-state index >= 15 is 0 Å². The smallest absolute Gasteiger partial charge is 0.264 e. The molecule has 1 aliphatic rings. The fraction of sp³-hybridized carbons (Fsp3) is 0.120. The van der Waals surface area contributed by atoms with Gasteiger partial charge < -0.3 is 14.8 Å². The molecule has 168 valence electrons. The summed E-state index contributed by atoms with van der Waals surface area (Å²) in [6.07, 6.45) is 1.83. The van der Waals surface area contributed by atoms with Crippen molar-refractivity contribution in [2.24, 2.45) is 4.99 Å². The van der Waals surface area contributed by atoms with E-state index in [1.165, 1.54) is 11.8 Å². The van der Waals surface area contributed by atoms with E-state index in [-0.39, 0.29) is 5.91 Å². The predicted molar refractivity (Wildman–Crippen MR) is 138 cm³/mol. The molecule has 1 saturated heterocycles. The van der Waals surface area contributed by atoms with Crippen LogP contribution in [0.5, 0.6) is 11.5 Å². The number of aliphatic imine (C=N–C) groups is 1. The van der Waals surface area contributed by atoms with Gasteiger partial charge in [-0.15, -0.1) is 0 Å². The number of ether oxygens (including phenoxy) is 2. The third-order valence-electron chi connectivity index (χ3n) is 4.59. The number of carbonyl (C=O) groups is 1. The fourth-order valence-electron chi connectivity index (χ4n) is 3.00. The number of carbonyl (C=O) groups excluding carboxylic acids is 1. The number of hydrogen-bond acceptors (Lipinski definition) is 5. The average Bonchev–Trinajstić information content (AvgIpc) is 3.14. The first-order valence-corrected chi connectivity index (χ1v) is 12.2. The van der Waals surface area contributed by atoms with Gasteiger partial charge in [0.2, 0.25) is 0 Å². The third-order valence-corrected chi connectivity index (χ3v) is 6.37. The standard InChI is InChI=1S/C25H20BrClN2O3S/c1-2-31-20-10-8-19(9-11-20)28-25-29-24(30)23(33-25)14-17-5-12-22(21(26)13-17)32-15-16-3-6-18(27)7-4-16/h3-14H,2,15H2,1H3,(H,28,29,30)/b23-14+. The molecule has 0 saturated carbocycles. The van der Waals surface area contributed by atoms with E-state index < -0.39 is 0 Å². The van der Waals surface area contributed by atoms with Crippen molar-refractivity contribution in [1.82, 2.24) is 5.32 Å². The van der Waals surface area contributed by atoms with E-state index in [0.717, 1.165) is 27.0 Å².